The van der Waals surface area contributed by atoms with Crippen molar-refractivity contribution in [2.24, 2.45) is 11.7 Å². The molecule has 0 spiro atoms. The molecule has 2 N–H and O–H groups in total. The fraction of sp³-hybridized carbons (Fsp3) is 0.400. The van der Waals surface area contributed by atoms with E-state index in [9.17, 15) is 4.39 Å². The predicted octanol–water partition coefficient (Wildman–Crippen LogP) is 2.65. The maximum absolute atomic E-state index is 13.1. The Bertz CT molecular complexity index is 327. The summed E-state index contributed by atoms with van der Waals surface area (Å²) in [5, 5.41) is 0. The van der Waals surface area contributed by atoms with Gasteiger partial charge in [-0.15, -0.1) is 0 Å². The van der Waals surface area contributed by atoms with Gasteiger partial charge in [0.15, 0.2) is 0 Å². The van der Waals surface area contributed by atoms with Gasteiger partial charge in [0.25, 0.3) is 0 Å². The van der Waals surface area contributed by atoms with Gasteiger partial charge < -0.3 is 5.73 Å². The lowest BCUT2D eigenvalue weighted by Crippen LogP contribution is -2.02. The molecule has 0 bridgehead atoms. The van der Waals surface area contributed by atoms with Crippen LogP contribution >= 0.6 is 15.9 Å². The van der Waals surface area contributed by atoms with E-state index < -0.39 is 0 Å². The average Bonchev–Trinajstić information content (AvgIpc) is 2.88. The molecule has 2 atom stereocenters. The van der Waals surface area contributed by atoms with Crippen LogP contribution in [-0.2, 0) is 0 Å². The van der Waals surface area contributed by atoms with E-state index in [4.69, 9.17) is 5.73 Å². The molecule has 2 unspecified atom stereocenters. The molecule has 2 rings (SSSR count). The highest BCUT2D eigenvalue weighted by Crippen LogP contribution is 2.46. The van der Waals surface area contributed by atoms with Crippen LogP contribution in [0.5, 0.6) is 0 Å². The van der Waals surface area contributed by atoms with Crippen LogP contribution in [-0.4, -0.2) is 6.54 Å². The maximum Gasteiger partial charge on any atom is 0.137 e. The summed E-state index contributed by atoms with van der Waals surface area (Å²) in [5.74, 6) is 0.883. The molecule has 1 fully saturated rings. The first-order valence-electron chi connectivity index (χ1n) is 4.37. The quantitative estimate of drug-likeness (QED) is 0.850. The van der Waals surface area contributed by atoms with Crippen molar-refractivity contribution in [3.05, 3.63) is 34.1 Å². The zero-order valence-corrected chi connectivity index (χ0v) is 8.72. The van der Waals surface area contributed by atoms with Crippen LogP contribution in [0.15, 0.2) is 22.7 Å². The molecular formula is C10H11BrFN. The fourth-order valence-electron chi connectivity index (χ4n) is 1.66. The van der Waals surface area contributed by atoms with E-state index in [1.807, 2.05) is 6.07 Å². The lowest BCUT2D eigenvalue weighted by Gasteiger charge is -2.00. The van der Waals surface area contributed by atoms with Gasteiger partial charge in [0, 0.05) is 0 Å². The zero-order valence-electron chi connectivity index (χ0n) is 7.13. The number of halogens is 2. The number of hydrogen-bond acceptors (Lipinski definition) is 1. The Balaban J connectivity index is 2.19. The van der Waals surface area contributed by atoms with E-state index in [0.717, 1.165) is 12.0 Å². The van der Waals surface area contributed by atoms with Crippen LogP contribution in [0.2, 0.25) is 0 Å². The minimum absolute atomic E-state index is 0.180. The first-order valence-corrected chi connectivity index (χ1v) is 5.16. The topological polar surface area (TPSA) is 26.0 Å². The summed E-state index contributed by atoms with van der Waals surface area (Å²) < 4.78 is 13.6. The van der Waals surface area contributed by atoms with Crippen molar-refractivity contribution < 1.29 is 4.39 Å². The molecule has 70 valence electrons. The Hall–Kier alpha value is -0.410. The van der Waals surface area contributed by atoms with E-state index in [2.05, 4.69) is 15.9 Å². The first kappa shape index (κ1) is 9.16. The molecule has 1 aliphatic rings. The Labute approximate surface area is 85.3 Å². The van der Waals surface area contributed by atoms with Crippen molar-refractivity contribution in [3.8, 4) is 0 Å². The molecule has 3 heteroatoms. The largest absolute Gasteiger partial charge is 0.330 e. The Morgan fingerprint density at radius 1 is 1.54 bits per heavy atom. The third-order valence-corrected chi connectivity index (χ3v) is 3.24. The molecule has 1 saturated carbocycles. The molecule has 0 saturated heterocycles. The minimum Gasteiger partial charge on any atom is -0.330 e. The summed E-state index contributed by atoms with van der Waals surface area (Å²) in [5.41, 5.74) is 6.61. The van der Waals surface area contributed by atoms with Gasteiger partial charge in [-0.05, 0) is 58.4 Å². The third-order valence-electron chi connectivity index (χ3n) is 2.60. The number of nitrogens with two attached hydrogens (primary N) is 1. The van der Waals surface area contributed by atoms with E-state index in [1.54, 1.807) is 12.1 Å². The molecule has 1 aromatic carbocycles. The van der Waals surface area contributed by atoms with Crippen molar-refractivity contribution in [3.63, 3.8) is 0 Å². The highest BCUT2D eigenvalue weighted by Gasteiger charge is 2.36. The zero-order chi connectivity index (χ0) is 9.42. The highest BCUT2D eigenvalue weighted by molar-refractivity contribution is 9.10. The Kier molecular flexibility index (Phi) is 2.39. The molecule has 1 nitrogen and oxygen atoms in total. The second kappa shape index (κ2) is 3.39. The second-order valence-corrected chi connectivity index (χ2v) is 4.37. The Morgan fingerprint density at radius 3 is 2.85 bits per heavy atom. The van der Waals surface area contributed by atoms with Gasteiger partial charge in [0.05, 0.1) is 4.47 Å². The summed E-state index contributed by atoms with van der Waals surface area (Å²) >= 11 is 3.13. The van der Waals surface area contributed by atoms with Gasteiger partial charge in [-0.25, -0.2) is 4.39 Å². The highest BCUT2D eigenvalue weighted by atomic mass is 79.9. The van der Waals surface area contributed by atoms with Crippen LogP contribution in [0.25, 0.3) is 0 Å². The third kappa shape index (κ3) is 1.76. The number of hydrogen-bond donors (Lipinski definition) is 1. The molecule has 0 aromatic heterocycles. The molecule has 13 heavy (non-hydrogen) atoms. The number of rotatable bonds is 2. The Morgan fingerprint density at radius 2 is 2.31 bits per heavy atom. The standard InChI is InChI=1S/C10H11BrFN/c11-9-2-1-6(4-10(9)12)8-3-7(8)5-13/h1-2,4,7-8H,3,5,13H2. The van der Waals surface area contributed by atoms with Crippen LogP contribution in [0.4, 0.5) is 4.39 Å². The van der Waals surface area contributed by atoms with Crippen LogP contribution in [0.1, 0.15) is 17.9 Å². The summed E-state index contributed by atoms with van der Waals surface area (Å²) in [6, 6.07) is 5.33. The summed E-state index contributed by atoms with van der Waals surface area (Å²) in [6.45, 7) is 0.711. The monoisotopic (exact) mass is 243 g/mol. The van der Waals surface area contributed by atoms with Gasteiger partial charge in [0.2, 0.25) is 0 Å². The molecule has 0 heterocycles. The average molecular weight is 244 g/mol. The lowest BCUT2D eigenvalue weighted by molar-refractivity contribution is 0.618. The van der Waals surface area contributed by atoms with Crippen molar-refractivity contribution >= 4 is 15.9 Å². The van der Waals surface area contributed by atoms with Crippen molar-refractivity contribution in [1.82, 2.24) is 0 Å². The molecule has 0 aliphatic heterocycles. The normalized spacial score (nSPS) is 26.1. The van der Waals surface area contributed by atoms with E-state index in [-0.39, 0.29) is 5.82 Å². The maximum atomic E-state index is 13.1. The fourth-order valence-corrected chi connectivity index (χ4v) is 1.91. The first-order chi connectivity index (χ1) is 6.22. The van der Waals surface area contributed by atoms with E-state index in [1.165, 1.54) is 0 Å². The van der Waals surface area contributed by atoms with Crippen molar-refractivity contribution in [1.29, 1.82) is 0 Å². The van der Waals surface area contributed by atoms with Crippen molar-refractivity contribution in [2.75, 3.05) is 6.54 Å². The van der Waals surface area contributed by atoms with Gasteiger partial charge in [0.1, 0.15) is 5.82 Å². The summed E-state index contributed by atoms with van der Waals surface area (Å²) in [7, 11) is 0. The van der Waals surface area contributed by atoms with Crippen LogP contribution in [0.3, 0.4) is 0 Å². The second-order valence-electron chi connectivity index (χ2n) is 3.51. The molecule has 1 aromatic rings. The SMILES string of the molecule is NCC1CC1c1ccc(Br)c(F)c1. The minimum atomic E-state index is -0.180. The van der Waals surface area contributed by atoms with Gasteiger partial charge in [-0.3, -0.25) is 0 Å². The smallest absolute Gasteiger partial charge is 0.137 e. The van der Waals surface area contributed by atoms with Crippen molar-refractivity contribution in [2.45, 2.75) is 12.3 Å². The molecule has 1 aliphatic carbocycles. The summed E-state index contributed by atoms with van der Waals surface area (Å²) in [6.07, 6.45) is 1.11. The molecule has 0 radical (unpaired) electrons. The predicted molar refractivity (Wildman–Crippen MR) is 54.0 cm³/mol. The summed E-state index contributed by atoms with van der Waals surface area (Å²) in [4.78, 5) is 0. The van der Waals surface area contributed by atoms with Gasteiger partial charge in [-0.2, -0.15) is 0 Å². The lowest BCUT2D eigenvalue weighted by atomic mass is 10.1. The molecule has 0 amide bonds. The van der Waals surface area contributed by atoms with E-state index in [0.29, 0.717) is 22.9 Å². The van der Waals surface area contributed by atoms with Crippen LogP contribution in [0, 0.1) is 11.7 Å². The van der Waals surface area contributed by atoms with Gasteiger partial charge in [-0.1, -0.05) is 6.07 Å². The van der Waals surface area contributed by atoms with E-state index >= 15 is 0 Å². The molecular weight excluding hydrogens is 233 g/mol. The number of benzene rings is 1. The van der Waals surface area contributed by atoms with Crippen LogP contribution < -0.4 is 5.73 Å². The van der Waals surface area contributed by atoms with Gasteiger partial charge >= 0.3 is 0 Å².